The lowest BCUT2D eigenvalue weighted by Crippen LogP contribution is -2.60. The second kappa shape index (κ2) is 6.51. The fourth-order valence-electron chi connectivity index (χ4n) is 5.41. The standard InChI is InChI=1S/C21H21F2N3O2/c22-14-9-17(23)18(24-10-14)21(28)26-11-16(13-2-1-3-15(27)8-13)20-19(26)12-4-6-25(20)7-5-12/h1-3,8-10,12,16,19-20,27H,4-7,11H2/t16-,19+,20+/m0/s1. The Hall–Kier alpha value is -2.54. The van der Waals surface area contributed by atoms with Gasteiger partial charge in [0, 0.05) is 24.6 Å². The van der Waals surface area contributed by atoms with Gasteiger partial charge in [-0.25, -0.2) is 13.8 Å². The number of carbonyl (C=O) groups excluding carboxylic acids is 1. The molecule has 0 saturated carbocycles. The number of carbonyl (C=O) groups is 1. The van der Waals surface area contributed by atoms with E-state index in [-0.39, 0.29) is 29.4 Å². The number of hydrogen-bond donors (Lipinski definition) is 1. The number of phenolic OH excluding ortho intramolecular Hbond substituents is 1. The number of halogens is 2. The Kier molecular flexibility index (Phi) is 4.08. The SMILES string of the molecule is O=C(c1ncc(F)cc1F)N1C[C@@H](c2cccc(O)c2)[C@@H]2[C@H]1C1CCN2CC1. The molecule has 2 aromatic rings. The van der Waals surface area contributed by atoms with Gasteiger partial charge in [-0.1, -0.05) is 12.1 Å². The van der Waals surface area contributed by atoms with Crippen LogP contribution < -0.4 is 0 Å². The normalized spacial score (nSPS) is 31.1. The maximum atomic E-state index is 14.2. The Morgan fingerprint density at radius 3 is 2.64 bits per heavy atom. The first-order chi connectivity index (χ1) is 13.5. The zero-order valence-corrected chi connectivity index (χ0v) is 15.3. The second-order valence-corrected chi connectivity index (χ2v) is 8.00. The number of piperidine rings is 3. The molecule has 0 unspecified atom stereocenters. The summed E-state index contributed by atoms with van der Waals surface area (Å²) in [6.45, 7) is 2.42. The molecule has 5 heterocycles. The Morgan fingerprint density at radius 2 is 1.93 bits per heavy atom. The van der Waals surface area contributed by atoms with Crippen molar-refractivity contribution in [2.24, 2.45) is 5.92 Å². The van der Waals surface area contributed by atoms with E-state index in [0.29, 0.717) is 18.5 Å². The van der Waals surface area contributed by atoms with Crippen molar-refractivity contribution in [3.8, 4) is 5.75 Å². The largest absolute Gasteiger partial charge is 0.508 e. The monoisotopic (exact) mass is 385 g/mol. The third-order valence-electron chi connectivity index (χ3n) is 6.56. The molecule has 5 nitrogen and oxygen atoms in total. The quantitative estimate of drug-likeness (QED) is 0.864. The summed E-state index contributed by atoms with van der Waals surface area (Å²) in [5, 5.41) is 9.93. The smallest absolute Gasteiger partial charge is 0.275 e. The number of amides is 1. The van der Waals surface area contributed by atoms with Gasteiger partial charge in [-0.2, -0.15) is 0 Å². The van der Waals surface area contributed by atoms with E-state index in [1.165, 1.54) is 0 Å². The third kappa shape index (κ3) is 2.68. The maximum absolute atomic E-state index is 14.2. The number of nitrogens with zero attached hydrogens (tertiary/aromatic N) is 3. The molecule has 1 amide bonds. The Bertz CT molecular complexity index is 930. The number of pyridine rings is 1. The molecular weight excluding hydrogens is 364 g/mol. The molecule has 4 saturated heterocycles. The minimum Gasteiger partial charge on any atom is -0.508 e. The number of rotatable bonds is 2. The van der Waals surface area contributed by atoms with Crippen molar-refractivity contribution >= 4 is 5.91 Å². The first-order valence-electron chi connectivity index (χ1n) is 9.68. The highest BCUT2D eigenvalue weighted by atomic mass is 19.1. The van der Waals surface area contributed by atoms with Crippen LogP contribution in [0, 0.1) is 17.6 Å². The van der Waals surface area contributed by atoms with E-state index in [2.05, 4.69) is 9.88 Å². The van der Waals surface area contributed by atoms with Crippen molar-refractivity contribution in [2.45, 2.75) is 30.8 Å². The molecule has 7 heteroatoms. The molecule has 4 aliphatic heterocycles. The van der Waals surface area contributed by atoms with E-state index >= 15 is 0 Å². The lowest BCUT2D eigenvalue weighted by Gasteiger charge is -2.51. The zero-order valence-electron chi connectivity index (χ0n) is 15.3. The topological polar surface area (TPSA) is 56.7 Å². The van der Waals surface area contributed by atoms with Gasteiger partial charge in [0.15, 0.2) is 11.5 Å². The Morgan fingerprint density at radius 1 is 1.14 bits per heavy atom. The van der Waals surface area contributed by atoms with Crippen LogP contribution in [-0.2, 0) is 0 Å². The van der Waals surface area contributed by atoms with Crippen LogP contribution in [-0.4, -0.2) is 57.5 Å². The van der Waals surface area contributed by atoms with E-state index in [0.717, 1.165) is 37.7 Å². The first kappa shape index (κ1) is 17.6. The van der Waals surface area contributed by atoms with Crippen molar-refractivity contribution in [3.63, 3.8) is 0 Å². The summed E-state index contributed by atoms with van der Waals surface area (Å²) in [7, 11) is 0. The van der Waals surface area contributed by atoms with Crippen LogP contribution in [0.2, 0.25) is 0 Å². The lowest BCUT2D eigenvalue weighted by molar-refractivity contribution is -0.00374. The average molecular weight is 385 g/mol. The summed E-state index contributed by atoms with van der Waals surface area (Å²) < 4.78 is 27.5. The fourth-order valence-corrected chi connectivity index (χ4v) is 5.41. The molecule has 2 bridgehead atoms. The van der Waals surface area contributed by atoms with Gasteiger partial charge in [-0.15, -0.1) is 0 Å². The summed E-state index contributed by atoms with van der Waals surface area (Å²) >= 11 is 0. The molecule has 146 valence electrons. The van der Waals surface area contributed by atoms with Gasteiger partial charge in [-0.3, -0.25) is 9.69 Å². The number of fused-ring (bicyclic) bond motifs is 2. The number of aromatic nitrogens is 1. The highest BCUT2D eigenvalue weighted by Crippen LogP contribution is 2.47. The first-order valence-corrected chi connectivity index (χ1v) is 9.68. The van der Waals surface area contributed by atoms with E-state index < -0.39 is 17.5 Å². The van der Waals surface area contributed by atoms with Crippen LogP contribution in [0.4, 0.5) is 8.78 Å². The molecule has 1 N–H and O–H groups in total. The highest BCUT2D eigenvalue weighted by molar-refractivity contribution is 5.93. The molecule has 4 fully saturated rings. The molecule has 28 heavy (non-hydrogen) atoms. The van der Waals surface area contributed by atoms with E-state index in [1.54, 1.807) is 17.0 Å². The summed E-state index contributed by atoms with van der Waals surface area (Å²) in [6.07, 6.45) is 2.90. The second-order valence-electron chi connectivity index (χ2n) is 8.00. The van der Waals surface area contributed by atoms with Crippen LogP contribution in [0.15, 0.2) is 36.5 Å². The number of likely N-dealkylation sites (tertiary alicyclic amines) is 1. The number of hydrogen-bond acceptors (Lipinski definition) is 4. The zero-order chi connectivity index (χ0) is 19.4. The van der Waals surface area contributed by atoms with Crippen molar-refractivity contribution < 1.29 is 18.7 Å². The van der Waals surface area contributed by atoms with Crippen LogP contribution >= 0.6 is 0 Å². The van der Waals surface area contributed by atoms with Crippen LogP contribution in [0.1, 0.15) is 34.8 Å². The minimum absolute atomic E-state index is 0.0198. The van der Waals surface area contributed by atoms with Crippen molar-refractivity contribution in [2.75, 3.05) is 19.6 Å². The van der Waals surface area contributed by atoms with Crippen molar-refractivity contribution in [1.29, 1.82) is 0 Å². The average Bonchev–Trinajstić information content (AvgIpc) is 3.11. The fraction of sp³-hybridized carbons (Fsp3) is 0.429. The van der Waals surface area contributed by atoms with Gasteiger partial charge in [0.05, 0.1) is 12.2 Å². The molecular formula is C21H21F2N3O2. The summed E-state index contributed by atoms with van der Waals surface area (Å²) in [6, 6.07) is 7.98. The number of phenols is 1. The van der Waals surface area contributed by atoms with Crippen LogP contribution in [0.25, 0.3) is 0 Å². The predicted octanol–water partition coefficient (Wildman–Crippen LogP) is 2.77. The highest BCUT2D eigenvalue weighted by Gasteiger charge is 2.55. The molecule has 0 spiro atoms. The Labute approximate surface area is 161 Å². The summed E-state index contributed by atoms with van der Waals surface area (Å²) in [4.78, 5) is 21.1. The molecule has 4 aliphatic rings. The van der Waals surface area contributed by atoms with Gasteiger partial charge in [0.2, 0.25) is 0 Å². The molecule has 6 rings (SSSR count). The molecule has 0 aliphatic carbocycles. The van der Waals surface area contributed by atoms with Crippen LogP contribution in [0.3, 0.4) is 0 Å². The molecule has 1 aromatic heterocycles. The maximum Gasteiger partial charge on any atom is 0.275 e. The number of benzene rings is 1. The van der Waals surface area contributed by atoms with Gasteiger partial charge < -0.3 is 10.0 Å². The summed E-state index contributed by atoms with van der Waals surface area (Å²) in [5.41, 5.74) is 0.651. The molecule has 1 aromatic carbocycles. The van der Waals surface area contributed by atoms with Gasteiger partial charge in [0.25, 0.3) is 5.91 Å². The molecule has 0 radical (unpaired) electrons. The Balaban J connectivity index is 1.54. The van der Waals surface area contributed by atoms with Gasteiger partial charge >= 0.3 is 0 Å². The van der Waals surface area contributed by atoms with Crippen molar-refractivity contribution in [3.05, 3.63) is 59.4 Å². The van der Waals surface area contributed by atoms with Crippen LogP contribution in [0.5, 0.6) is 5.75 Å². The van der Waals surface area contributed by atoms with E-state index in [9.17, 15) is 18.7 Å². The summed E-state index contributed by atoms with van der Waals surface area (Å²) in [5.74, 6) is -1.61. The third-order valence-corrected chi connectivity index (χ3v) is 6.56. The minimum atomic E-state index is -0.927. The predicted molar refractivity (Wildman–Crippen MR) is 97.9 cm³/mol. The lowest BCUT2D eigenvalue weighted by atomic mass is 9.75. The van der Waals surface area contributed by atoms with Gasteiger partial charge in [0.1, 0.15) is 11.6 Å². The van der Waals surface area contributed by atoms with E-state index in [1.807, 2.05) is 12.1 Å². The van der Waals surface area contributed by atoms with E-state index in [4.69, 9.17) is 0 Å². The van der Waals surface area contributed by atoms with Gasteiger partial charge in [-0.05, 0) is 49.5 Å². The number of aromatic hydroxyl groups is 1. The molecule has 3 atom stereocenters. The van der Waals surface area contributed by atoms with Crippen molar-refractivity contribution in [1.82, 2.24) is 14.8 Å².